The van der Waals surface area contributed by atoms with Crippen molar-refractivity contribution in [3.8, 4) is 0 Å². The molecule has 0 bridgehead atoms. The summed E-state index contributed by atoms with van der Waals surface area (Å²) in [6, 6.07) is 13.9. The number of carbonyl (C=O) groups is 1. The first kappa shape index (κ1) is 17.9. The van der Waals surface area contributed by atoms with E-state index in [-0.39, 0.29) is 11.2 Å². The molecule has 5 rings (SSSR count). The van der Waals surface area contributed by atoms with E-state index in [1.54, 1.807) is 31.2 Å². The molecule has 29 heavy (non-hydrogen) atoms. The molecule has 2 aromatic heterocycles. The van der Waals surface area contributed by atoms with Gasteiger partial charge < -0.3 is 8.94 Å². The quantitative estimate of drug-likeness (QED) is 0.433. The van der Waals surface area contributed by atoms with Gasteiger partial charge in [0.25, 0.3) is 5.91 Å². The highest BCUT2D eigenvalue weighted by molar-refractivity contribution is 9.10. The third-order valence-corrected chi connectivity index (χ3v) is 5.58. The maximum Gasteiger partial charge on any atom is 0.296 e. The average Bonchev–Trinajstić information content (AvgIpc) is 3.25. The van der Waals surface area contributed by atoms with Crippen molar-refractivity contribution >= 4 is 38.6 Å². The summed E-state index contributed by atoms with van der Waals surface area (Å²) in [7, 11) is 0. The van der Waals surface area contributed by atoms with Crippen LogP contribution in [0.2, 0.25) is 0 Å². The number of nitrogens with zero attached hydrogens (tertiary/aromatic N) is 2. The Hall–Kier alpha value is -3.19. The second kappa shape index (κ2) is 6.42. The Balaban J connectivity index is 1.83. The van der Waals surface area contributed by atoms with Crippen LogP contribution in [0.1, 0.15) is 39.0 Å². The Labute approximate surface area is 173 Å². The first-order valence-corrected chi connectivity index (χ1v) is 9.83. The molecule has 0 aliphatic carbocycles. The van der Waals surface area contributed by atoms with E-state index in [4.69, 9.17) is 8.94 Å². The van der Waals surface area contributed by atoms with Crippen LogP contribution in [0.3, 0.4) is 0 Å². The third kappa shape index (κ3) is 2.73. The molecular formula is C22H15BrN2O4. The van der Waals surface area contributed by atoms with Gasteiger partial charge >= 0.3 is 0 Å². The van der Waals surface area contributed by atoms with Crippen LogP contribution in [-0.4, -0.2) is 11.1 Å². The van der Waals surface area contributed by atoms with E-state index in [1.807, 2.05) is 31.2 Å². The van der Waals surface area contributed by atoms with Crippen molar-refractivity contribution in [3.63, 3.8) is 0 Å². The molecule has 1 atom stereocenters. The van der Waals surface area contributed by atoms with Gasteiger partial charge in [-0.3, -0.25) is 14.5 Å². The maximum atomic E-state index is 13.4. The van der Waals surface area contributed by atoms with E-state index in [9.17, 15) is 9.59 Å². The molecule has 144 valence electrons. The van der Waals surface area contributed by atoms with Crippen molar-refractivity contribution in [2.45, 2.75) is 19.9 Å². The second-order valence-electron chi connectivity index (χ2n) is 7.10. The fourth-order valence-corrected chi connectivity index (χ4v) is 4.07. The van der Waals surface area contributed by atoms with E-state index in [2.05, 4.69) is 21.1 Å². The molecular weight excluding hydrogens is 436 g/mol. The van der Waals surface area contributed by atoms with Crippen LogP contribution in [0.5, 0.6) is 0 Å². The number of fused-ring (bicyclic) bond motifs is 2. The van der Waals surface area contributed by atoms with Crippen LogP contribution >= 0.6 is 15.9 Å². The van der Waals surface area contributed by atoms with E-state index >= 15 is 0 Å². The van der Waals surface area contributed by atoms with Gasteiger partial charge in [-0.05, 0) is 37.6 Å². The molecule has 2 aromatic carbocycles. The van der Waals surface area contributed by atoms with Crippen molar-refractivity contribution in [2.24, 2.45) is 0 Å². The van der Waals surface area contributed by atoms with Crippen molar-refractivity contribution in [3.05, 3.63) is 91.4 Å². The fourth-order valence-electron chi connectivity index (χ4n) is 3.71. The van der Waals surface area contributed by atoms with Crippen LogP contribution in [0.4, 0.5) is 5.82 Å². The number of aryl methyl sites for hydroxylation is 2. The number of amides is 1. The highest BCUT2D eigenvalue weighted by atomic mass is 79.9. The minimum atomic E-state index is -0.651. The zero-order valence-electron chi connectivity index (χ0n) is 15.6. The number of hydrogen-bond acceptors (Lipinski definition) is 5. The summed E-state index contributed by atoms with van der Waals surface area (Å²) in [4.78, 5) is 28.2. The van der Waals surface area contributed by atoms with Gasteiger partial charge in [0.15, 0.2) is 11.2 Å². The van der Waals surface area contributed by atoms with Crippen molar-refractivity contribution < 1.29 is 13.7 Å². The Bertz CT molecular complexity index is 1340. The average molecular weight is 451 g/mol. The summed E-state index contributed by atoms with van der Waals surface area (Å²) >= 11 is 3.40. The number of aromatic nitrogens is 1. The second-order valence-corrected chi connectivity index (χ2v) is 8.01. The van der Waals surface area contributed by atoms with Crippen LogP contribution in [0.25, 0.3) is 11.0 Å². The Kier molecular flexibility index (Phi) is 3.96. The van der Waals surface area contributed by atoms with Gasteiger partial charge in [-0.25, -0.2) is 0 Å². The lowest BCUT2D eigenvalue weighted by molar-refractivity contribution is 0.0969. The molecule has 0 saturated carbocycles. The molecule has 1 amide bonds. The number of halogens is 1. The monoisotopic (exact) mass is 450 g/mol. The van der Waals surface area contributed by atoms with Gasteiger partial charge in [-0.15, -0.1) is 0 Å². The minimum Gasteiger partial charge on any atom is -0.450 e. The topological polar surface area (TPSA) is 76.6 Å². The lowest BCUT2D eigenvalue weighted by Gasteiger charge is -2.22. The van der Waals surface area contributed by atoms with Gasteiger partial charge in [0.05, 0.1) is 17.0 Å². The van der Waals surface area contributed by atoms with E-state index in [0.29, 0.717) is 28.1 Å². The van der Waals surface area contributed by atoms with Crippen molar-refractivity contribution in [1.82, 2.24) is 5.16 Å². The number of carbonyl (C=O) groups excluding carboxylic acids is 1. The molecule has 0 fully saturated rings. The Morgan fingerprint density at radius 1 is 1.03 bits per heavy atom. The summed E-state index contributed by atoms with van der Waals surface area (Å²) < 4.78 is 11.9. The first-order valence-electron chi connectivity index (χ1n) is 9.04. The maximum absolute atomic E-state index is 13.4. The van der Waals surface area contributed by atoms with Gasteiger partial charge in [0.2, 0.25) is 5.76 Å². The SMILES string of the molecule is Cc1ccc(C2c3c(oc4ccc(Br)cc4c3=O)C(=O)N2c2cc(C)on2)cc1. The molecule has 0 saturated heterocycles. The molecule has 6 nitrogen and oxygen atoms in total. The fraction of sp³-hybridized carbons (Fsp3) is 0.136. The lowest BCUT2D eigenvalue weighted by Crippen LogP contribution is -2.29. The molecule has 0 N–H and O–H groups in total. The summed E-state index contributed by atoms with van der Waals surface area (Å²) in [5.41, 5.74) is 2.32. The summed E-state index contributed by atoms with van der Waals surface area (Å²) in [5, 5.41) is 4.43. The summed E-state index contributed by atoms with van der Waals surface area (Å²) in [6.45, 7) is 3.73. The highest BCUT2D eigenvalue weighted by Crippen LogP contribution is 2.41. The largest absolute Gasteiger partial charge is 0.450 e. The minimum absolute atomic E-state index is 0.0380. The molecule has 1 unspecified atom stereocenters. The van der Waals surface area contributed by atoms with E-state index in [1.165, 1.54) is 4.90 Å². The van der Waals surface area contributed by atoms with Gasteiger partial charge in [0, 0.05) is 10.5 Å². The Morgan fingerprint density at radius 2 is 1.79 bits per heavy atom. The molecule has 1 aliphatic heterocycles. The molecule has 0 spiro atoms. The van der Waals surface area contributed by atoms with E-state index < -0.39 is 11.9 Å². The lowest BCUT2D eigenvalue weighted by atomic mass is 9.98. The zero-order valence-corrected chi connectivity index (χ0v) is 17.2. The Morgan fingerprint density at radius 3 is 2.48 bits per heavy atom. The normalized spacial score (nSPS) is 15.9. The van der Waals surface area contributed by atoms with Crippen LogP contribution in [0.15, 0.2) is 66.7 Å². The van der Waals surface area contributed by atoms with Gasteiger partial charge in [-0.1, -0.05) is 50.9 Å². The smallest absolute Gasteiger partial charge is 0.296 e. The zero-order chi connectivity index (χ0) is 20.3. The van der Waals surface area contributed by atoms with Gasteiger partial charge in [0.1, 0.15) is 11.3 Å². The number of anilines is 1. The number of rotatable bonds is 2. The number of hydrogen-bond donors (Lipinski definition) is 0. The molecule has 1 aliphatic rings. The third-order valence-electron chi connectivity index (χ3n) is 5.09. The highest BCUT2D eigenvalue weighted by Gasteiger charge is 2.44. The number of benzene rings is 2. The molecule has 0 radical (unpaired) electrons. The molecule has 4 aromatic rings. The van der Waals surface area contributed by atoms with Crippen LogP contribution < -0.4 is 10.3 Å². The first-order chi connectivity index (χ1) is 13.9. The van der Waals surface area contributed by atoms with Crippen LogP contribution in [-0.2, 0) is 0 Å². The van der Waals surface area contributed by atoms with Crippen molar-refractivity contribution in [2.75, 3.05) is 4.90 Å². The van der Waals surface area contributed by atoms with E-state index in [0.717, 1.165) is 15.6 Å². The predicted molar refractivity (Wildman–Crippen MR) is 111 cm³/mol. The standard InChI is InChI=1S/C22H15BrN2O4/c1-11-3-5-13(6-4-11)19-18-20(26)15-10-14(23)7-8-16(15)28-21(18)22(27)25(19)17-9-12(2)29-24-17/h3-10,19H,1-2H3. The summed E-state index contributed by atoms with van der Waals surface area (Å²) in [6.07, 6.45) is 0. The van der Waals surface area contributed by atoms with Crippen LogP contribution in [0, 0.1) is 13.8 Å². The van der Waals surface area contributed by atoms with Gasteiger partial charge in [-0.2, -0.15) is 0 Å². The predicted octanol–water partition coefficient (Wildman–Crippen LogP) is 4.91. The molecule has 3 heterocycles. The summed E-state index contributed by atoms with van der Waals surface area (Å²) in [5.74, 6) is 0.533. The van der Waals surface area contributed by atoms with Crippen molar-refractivity contribution in [1.29, 1.82) is 0 Å². The molecule has 7 heteroatoms.